The molecular weight excluding hydrogens is 258 g/mol. The van der Waals surface area contributed by atoms with Gasteiger partial charge in [-0.05, 0) is 18.2 Å². The van der Waals surface area contributed by atoms with Crippen LogP contribution in [-0.4, -0.2) is 42.1 Å². The smallest absolute Gasteiger partial charge is 0.240 e. The van der Waals surface area contributed by atoms with Gasteiger partial charge in [-0.2, -0.15) is 0 Å². The summed E-state index contributed by atoms with van der Waals surface area (Å²) in [5.74, 6) is -3.62. The first kappa shape index (κ1) is 13.3. The molecule has 100 valence electrons. The second-order valence-corrected chi connectivity index (χ2v) is 4.17. The van der Waals surface area contributed by atoms with Crippen LogP contribution in [-0.2, 0) is 9.59 Å². The van der Waals surface area contributed by atoms with Crippen molar-refractivity contribution in [3.63, 3.8) is 0 Å². The van der Waals surface area contributed by atoms with Crippen LogP contribution in [0.1, 0.15) is 10.4 Å². The third-order valence-electron chi connectivity index (χ3n) is 2.62. The fourth-order valence-electron chi connectivity index (χ4n) is 1.77. The number of imide groups is 1. The summed E-state index contributed by atoms with van der Waals surface area (Å²) in [6.07, 6.45) is 0. The van der Waals surface area contributed by atoms with Crippen LogP contribution < -0.4 is 5.32 Å². The maximum absolute atomic E-state index is 13.0. The van der Waals surface area contributed by atoms with Crippen LogP contribution in [0.5, 0.6) is 0 Å². The predicted molar refractivity (Wildman–Crippen MR) is 60.3 cm³/mol. The molecule has 1 aromatic rings. The maximum Gasteiger partial charge on any atom is 0.240 e. The molecule has 0 aromatic heterocycles. The standard InChI is InChI=1S/C12H10F2N2O3/c13-8-2-1-7(3-9(8)14)10(17)4-16-5-11(18)15-12(19)6-16/h1-3H,4-6H2,(H,15,18,19). The van der Waals surface area contributed by atoms with Crippen molar-refractivity contribution >= 4 is 17.6 Å². The number of carbonyl (C=O) groups is 3. The van der Waals surface area contributed by atoms with Crippen LogP contribution >= 0.6 is 0 Å². The van der Waals surface area contributed by atoms with E-state index in [0.717, 1.165) is 18.2 Å². The number of Topliss-reactive ketones (excluding diaryl/α,β-unsaturated/α-hetero) is 1. The Morgan fingerprint density at radius 1 is 1.16 bits per heavy atom. The molecule has 2 rings (SSSR count). The van der Waals surface area contributed by atoms with Crippen LogP contribution in [0, 0.1) is 11.6 Å². The van der Waals surface area contributed by atoms with Gasteiger partial charge in [-0.15, -0.1) is 0 Å². The van der Waals surface area contributed by atoms with Gasteiger partial charge in [-0.25, -0.2) is 8.78 Å². The first-order valence-corrected chi connectivity index (χ1v) is 5.49. The molecule has 19 heavy (non-hydrogen) atoms. The van der Waals surface area contributed by atoms with Crippen LogP contribution in [0.15, 0.2) is 18.2 Å². The van der Waals surface area contributed by atoms with E-state index in [9.17, 15) is 23.2 Å². The number of amides is 2. The highest BCUT2D eigenvalue weighted by molar-refractivity contribution is 6.01. The zero-order valence-electron chi connectivity index (χ0n) is 9.78. The van der Waals surface area contributed by atoms with Gasteiger partial charge in [-0.1, -0.05) is 0 Å². The summed E-state index contributed by atoms with van der Waals surface area (Å²) in [5.41, 5.74) is -0.00247. The first-order chi connectivity index (χ1) is 8.95. The molecule has 0 spiro atoms. The van der Waals surface area contributed by atoms with Crippen LogP contribution in [0.4, 0.5) is 8.78 Å². The number of benzene rings is 1. The SMILES string of the molecule is O=C1CN(CC(=O)c2ccc(F)c(F)c2)CC(=O)N1. The van der Waals surface area contributed by atoms with Gasteiger partial charge in [0.15, 0.2) is 17.4 Å². The van der Waals surface area contributed by atoms with Crippen molar-refractivity contribution in [1.29, 1.82) is 0 Å². The van der Waals surface area contributed by atoms with Gasteiger partial charge < -0.3 is 0 Å². The van der Waals surface area contributed by atoms with Gasteiger partial charge >= 0.3 is 0 Å². The highest BCUT2D eigenvalue weighted by atomic mass is 19.2. The molecule has 5 nitrogen and oxygen atoms in total. The lowest BCUT2D eigenvalue weighted by molar-refractivity contribution is -0.135. The number of rotatable bonds is 3. The summed E-state index contributed by atoms with van der Waals surface area (Å²) < 4.78 is 25.7. The number of nitrogens with one attached hydrogen (secondary N) is 1. The summed E-state index contributed by atoms with van der Waals surface area (Å²) in [6.45, 7) is -0.369. The van der Waals surface area contributed by atoms with Gasteiger partial charge in [0.25, 0.3) is 0 Å². The molecular formula is C12H10F2N2O3. The van der Waals surface area contributed by atoms with E-state index in [0.29, 0.717) is 0 Å². The predicted octanol–water partition coefficient (Wildman–Crippen LogP) is 0.106. The van der Waals surface area contributed by atoms with Crippen molar-refractivity contribution in [2.75, 3.05) is 19.6 Å². The van der Waals surface area contributed by atoms with Gasteiger partial charge in [-0.3, -0.25) is 24.6 Å². The first-order valence-electron chi connectivity index (χ1n) is 5.49. The van der Waals surface area contributed by atoms with Crippen molar-refractivity contribution in [3.05, 3.63) is 35.4 Å². The normalized spacial score (nSPS) is 16.3. The molecule has 0 saturated carbocycles. The van der Waals surface area contributed by atoms with Crippen LogP contribution in [0.25, 0.3) is 0 Å². The monoisotopic (exact) mass is 268 g/mol. The molecule has 1 aliphatic rings. The number of ketones is 1. The van der Waals surface area contributed by atoms with E-state index < -0.39 is 29.2 Å². The van der Waals surface area contributed by atoms with Gasteiger partial charge in [0.1, 0.15) is 0 Å². The highest BCUT2D eigenvalue weighted by Crippen LogP contribution is 2.10. The Balaban J connectivity index is 2.06. The molecule has 7 heteroatoms. The minimum absolute atomic E-state index is 0.00247. The Morgan fingerprint density at radius 3 is 2.37 bits per heavy atom. The van der Waals surface area contributed by atoms with Crippen molar-refractivity contribution in [2.45, 2.75) is 0 Å². The molecule has 2 amide bonds. The fourth-order valence-corrected chi connectivity index (χ4v) is 1.77. The van der Waals surface area contributed by atoms with Crippen LogP contribution in [0.2, 0.25) is 0 Å². The molecule has 1 aliphatic heterocycles. The number of hydrogen-bond acceptors (Lipinski definition) is 4. The van der Waals surface area contributed by atoms with Gasteiger partial charge in [0, 0.05) is 5.56 Å². The summed E-state index contributed by atoms with van der Waals surface area (Å²) in [4.78, 5) is 35.4. The lowest BCUT2D eigenvalue weighted by Gasteiger charge is -2.24. The minimum atomic E-state index is -1.11. The quantitative estimate of drug-likeness (QED) is 0.624. The topological polar surface area (TPSA) is 66.5 Å². The number of piperazine rings is 1. The minimum Gasteiger partial charge on any atom is -0.294 e. The van der Waals surface area contributed by atoms with E-state index in [1.54, 1.807) is 0 Å². The van der Waals surface area contributed by atoms with Crippen molar-refractivity contribution in [2.24, 2.45) is 0 Å². The molecule has 1 heterocycles. The average molecular weight is 268 g/mol. The molecule has 0 radical (unpaired) electrons. The molecule has 1 fully saturated rings. The van der Waals surface area contributed by atoms with E-state index in [4.69, 9.17) is 0 Å². The number of carbonyl (C=O) groups excluding carboxylic acids is 3. The molecule has 0 aliphatic carbocycles. The number of halogens is 2. The van der Waals surface area contributed by atoms with Crippen LogP contribution in [0.3, 0.4) is 0 Å². The molecule has 1 saturated heterocycles. The summed E-state index contributed by atoms with van der Waals surface area (Å²) in [5, 5.41) is 2.10. The Labute approximate surface area is 107 Å². The summed E-state index contributed by atoms with van der Waals surface area (Å²) >= 11 is 0. The van der Waals surface area contributed by atoms with E-state index in [1.165, 1.54) is 4.90 Å². The van der Waals surface area contributed by atoms with Crippen molar-refractivity contribution in [3.8, 4) is 0 Å². The molecule has 0 unspecified atom stereocenters. The Kier molecular flexibility index (Phi) is 3.66. The molecule has 1 aromatic carbocycles. The third kappa shape index (κ3) is 3.19. The molecule has 0 atom stereocenters. The van der Waals surface area contributed by atoms with E-state index >= 15 is 0 Å². The second-order valence-electron chi connectivity index (χ2n) is 4.17. The van der Waals surface area contributed by atoms with Gasteiger partial charge in [0.05, 0.1) is 19.6 Å². The number of nitrogens with zero attached hydrogens (tertiary/aromatic N) is 1. The Morgan fingerprint density at radius 2 is 1.79 bits per heavy atom. The van der Waals surface area contributed by atoms with Crippen molar-refractivity contribution in [1.82, 2.24) is 10.2 Å². The summed E-state index contributed by atoms with van der Waals surface area (Å²) in [7, 11) is 0. The highest BCUT2D eigenvalue weighted by Gasteiger charge is 2.24. The Hall–Kier alpha value is -2.15. The van der Waals surface area contributed by atoms with E-state index in [2.05, 4.69) is 5.32 Å². The zero-order valence-corrected chi connectivity index (χ0v) is 9.78. The third-order valence-corrected chi connectivity index (χ3v) is 2.62. The zero-order chi connectivity index (χ0) is 14.0. The Bertz CT molecular complexity index is 544. The second kappa shape index (κ2) is 5.23. The molecule has 1 N–H and O–H groups in total. The largest absolute Gasteiger partial charge is 0.294 e. The van der Waals surface area contributed by atoms with Crippen molar-refractivity contribution < 1.29 is 23.2 Å². The maximum atomic E-state index is 13.0. The summed E-state index contributed by atoms with van der Waals surface area (Å²) in [6, 6.07) is 2.81. The fraction of sp³-hybridized carbons (Fsp3) is 0.250. The van der Waals surface area contributed by atoms with Gasteiger partial charge in [0.2, 0.25) is 11.8 Å². The average Bonchev–Trinajstić information content (AvgIpc) is 2.31. The molecule has 0 bridgehead atoms. The van der Waals surface area contributed by atoms with E-state index in [-0.39, 0.29) is 25.2 Å². The lowest BCUT2D eigenvalue weighted by Crippen LogP contribution is -2.52. The number of hydrogen-bond donors (Lipinski definition) is 1. The van der Waals surface area contributed by atoms with E-state index in [1.807, 2.05) is 0 Å². The lowest BCUT2D eigenvalue weighted by atomic mass is 10.1.